The van der Waals surface area contributed by atoms with Gasteiger partial charge in [0.05, 0.1) is 5.69 Å². The van der Waals surface area contributed by atoms with Crippen molar-refractivity contribution in [2.75, 3.05) is 19.0 Å². The highest BCUT2D eigenvalue weighted by Gasteiger charge is 2.16. The van der Waals surface area contributed by atoms with E-state index < -0.39 is 17.6 Å². The van der Waals surface area contributed by atoms with Gasteiger partial charge in [-0.1, -0.05) is 0 Å². The molecule has 0 aliphatic heterocycles. The molecule has 0 atom stereocenters. The van der Waals surface area contributed by atoms with Crippen molar-refractivity contribution >= 4 is 11.7 Å². The van der Waals surface area contributed by atoms with E-state index in [4.69, 9.17) is 5.11 Å². The van der Waals surface area contributed by atoms with Crippen LogP contribution >= 0.6 is 0 Å². The van der Waals surface area contributed by atoms with Crippen LogP contribution in [0, 0.1) is 11.6 Å². The number of hydrogen-bond acceptors (Lipinski definition) is 2. The topological polar surface area (TPSA) is 40.5 Å². The van der Waals surface area contributed by atoms with Crippen molar-refractivity contribution in [3.63, 3.8) is 0 Å². The third kappa shape index (κ3) is 2.68. The van der Waals surface area contributed by atoms with Crippen molar-refractivity contribution in [3.05, 3.63) is 29.3 Å². The Hall–Kier alpha value is -1.65. The summed E-state index contributed by atoms with van der Waals surface area (Å²) in [6.07, 6.45) is -0.242. The van der Waals surface area contributed by atoms with E-state index >= 15 is 0 Å². The Balaban J connectivity index is 3.13. The van der Waals surface area contributed by atoms with Crippen LogP contribution in [0.1, 0.15) is 12.0 Å². The van der Waals surface area contributed by atoms with E-state index in [0.717, 1.165) is 12.1 Å². The van der Waals surface area contributed by atoms with Crippen molar-refractivity contribution in [2.45, 2.75) is 12.8 Å². The molecule has 0 saturated heterocycles. The molecule has 16 heavy (non-hydrogen) atoms. The van der Waals surface area contributed by atoms with Gasteiger partial charge in [-0.15, -0.1) is 0 Å². The summed E-state index contributed by atoms with van der Waals surface area (Å²) in [6, 6.07) is 2.05. The van der Waals surface area contributed by atoms with Gasteiger partial charge in [-0.3, -0.25) is 4.79 Å². The van der Waals surface area contributed by atoms with Crippen LogP contribution in [0.25, 0.3) is 0 Å². The van der Waals surface area contributed by atoms with Crippen LogP contribution in [0.3, 0.4) is 0 Å². The number of carboxylic acids is 1. The molecule has 0 saturated carbocycles. The Morgan fingerprint density at radius 2 is 1.88 bits per heavy atom. The van der Waals surface area contributed by atoms with Crippen LogP contribution in [0.5, 0.6) is 0 Å². The molecule has 1 rings (SSSR count). The lowest BCUT2D eigenvalue weighted by molar-refractivity contribution is -0.136. The maximum Gasteiger partial charge on any atom is 0.303 e. The summed E-state index contributed by atoms with van der Waals surface area (Å²) < 4.78 is 26.9. The Morgan fingerprint density at radius 1 is 1.31 bits per heavy atom. The molecule has 0 aliphatic carbocycles. The fraction of sp³-hybridized carbons (Fsp3) is 0.364. The molecular weight excluding hydrogens is 216 g/mol. The highest BCUT2D eigenvalue weighted by molar-refractivity contribution is 5.68. The smallest absolute Gasteiger partial charge is 0.303 e. The van der Waals surface area contributed by atoms with Gasteiger partial charge in [-0.2, -0.15) is 0 Å². The standard InChI is InChI=1S/C11H13F2NO2/c1-14(2)11-7(3-6-10(15)16)8(12)4-5-9(11)13/h4-5H,3,6H2,1-2H3,(H,15,16). The monoisotopic (exact) mass is 229 g/mol. The molecule has 5 heteroatoms. The molecule has 3 nitrogen and oxygen atoms in total. The molecule has 1 aromatic carbocycles. The summed E-state index contributed by atoms with van der Waals surface area (Å²) in [6.45, 7) is 0. The maximum atomic E-state index is 13.5. The Morgan fingerprint density at radius 3 is 2.38 bits per heavy atom. The van der Waals surface area contributed by atoms with Crippen molar-refractivity contribution in [1.82, 2.24) is 0 Å². The highest BCUT2D eigenvalue weighted by Crippen LogP contribution is 2.26. The van der Waals surface area contributed by atoms with Crippen LogP contribution in [-0.2, 0) is 11.2 Å². The summed E-state index contributed by atoms with van der Waals surface area (Å²) in [5.41, 5.74) is 0.216. The molecule has 1 aromatic rings. The van der Waals surface area contributed by atoms with E-state index in [-0.39, 0.29) is 24.1 Å². The number of benzene rings is 1. The number of halogens is 2. The van der Waals surface area contributed by atoms with Crippen LogP contribution in [-0.4, -0.2) is 25.2 Å². The summed E-state index contributed by atoms with van der Waals surface area (Å²) in [4.78, 5) is 11.9. The van der Waals surface area contributed by atoms with Gasteiger partial charge in [0.25, 0.3) is 0 Å². The SMILES string of the molecule is CN(C)c1c(F)ccc(F)c1CCC(=O)O. The fourth-order valence-corrected chi connectivity index (χ4v) is 1.54. The van der Waals surface area contributed by atoms with Gasteiger partial charge in [-0.25, -0.2) is 8.78 Å². The number of carboxylic acid groups (broad SMARTS) is 1. The molecule has 1 N–H and O–H groups in total. The first-order valence-electron chi connectivity index (χ1n) is 4.79. The lowest BCUT2D eigenvalue weighted by atomic mass is 10.1. The van der Waals surface area contributed by atoms with E-state index in [1.165, 1.54) is 4.90 Å². The van der Waals surface area contributed by atoms with Gasteiger partial charge in [0.15, 0.2) is 0 Å². The Kier molecular flexibility index (Phi) is 3.82. The highest BCUT2D eigenvalue weighted by atomic mass is 19.1. The zero-order valence-electron chi connectivity index (χ0n) is 9.13. The number of hydrogen-bond donors (Lipinski definition) is 1. The number of aliphatic carboxylic acids is 1. The Labute approximate surface area is 92.3 Å². The molecule has 0 heterocycles. The van der Waals surface area contributed by atoms with Crippen LogP contribution in [0.2, 0.25) is 0 Å². The van der Waals surface area contributed by atoms with Gasteiger partial charge >= 0.3 is 5.97 Å². The van der Waals surface area contributed by atoms with Gasteiger partial charge in [0, 0.05) is 26.1 Å². The van der Waals surface area contributed by atoms with Gasteiger partial charge in [-0.05, 0) is 18.6 Å². The van der Waals surface area contributed by atoms with Crippen LogP contribution in [0.15, 0.2) is 12.1 Å². The van der Waals surface area contributed by atoms with Crippen LogP contribution < -0.4 is 4.90 Å². The normalized spacial score (nSPS) is 10.2. The minimum Gasteiger partial charge on any atom is -0.481 e. The third-order valence-corrected chi connectivity index (χ3v) is 2.21. The molecule has 0 amide bonds. The first-order valence-corrected chi connectivity index (χ1v) is 4.79. The Bertz CT molecular complexity index is 405. The van der Waals surface area contributed by atoms with E-state index in [2.05, 4.69) is 0 Å². The molecule has 0 aromatic heterocycles. The number of carbonyl (C=O) groups is 1. The second-order valence-electron chi connectivity index (χ2n) is 3.64. The molecule has 0 bridgehead atoms. The molecule has 88 valence electrons. The number of rotatable bonds is 4. The molecular formula is C11H13F2NO2. The van der Waals surface area contributed by atoms with Gasteiger partial charge < -0.3 is 10.0 Å². The van der Waals surface area contributed by atoms with Crippen molar-refractivity contribution in [2.24, 2.45) is 0 Å². The largest absolute Gasteiger partial charge is 0.481 e. The lowest BCUT2D eigenvalue weighted by Gasteiger charge is -2.18. The summed E-state index contributed by atoms with van der Waals surface area (Å²) in [7, 11) is 3.17. The summed E-state index contributed by atoms with van der Waals surface area (Å²) >= 11 is 0. The average Bonchev–Trinajstić information content (AvgIpc) is 2.18. The predicted octanol–water partition coefficient (Wildman–Crippen LogP) is 2.05. The maximum absolute atomic E-state index is 13.5. The minimum atomic E-state index is -1.03. The first kappa shape index (κ1) is 12.4. The first-order chi connectivity index (χ1) is 7.43. The van der Waals surface area contributed by atoms with Gasteiger partial charge in [0.1, 0.15) is 11.6 Å². The molecule has 0 fully saturated rings. The van der Waals surface area contributed by atoms with E-state index in [1.807, 2.05) is 0 Å². The molecule has 0 unspecified atom stereocenters. The molecule has 0 spiro atoms. The number of nitrogens with zero attached hydrogens (tertiary/aromatic N) is 1. The molecule has 0 radical (unpaired) electrons. The predicted molar refractivity (Wildman–Crippen MR) is 56.6 cm³/mol. The van der Waals surface area contributed by atoms with E-state index in [0.29, 0.717) is 0 Å². The molecule has 0 aliphatic rings. The summed E-state index contributed by atoms with van der Waals surface area (Å²) in [5, 5.41) is 8.53. The van der Waals surface area contributed by atoms with E-state index in [9.17, 15) is 13.6 Å². The minimum absolute atomic E-state index is 0.0214. The van der Waals surface area contributed by atoms with Crippen molar-refractivity contribution in [1.29, 1.82) is 0 Å². The second-order valence-corrected chi connectivity index (χ2v) is 3.64. The quantitative estimate of drug-likeness (QED) is 0.859. The second kappa shape index (κ2) is 4.92. The summed E-state index contributed by atoms with van der Waals surface area (Å²) in [5.74, 6) is -2.16. The average molecular weight is 229 g/mol. The third-order valence-electron chi connectivity index (χ3n) is 2.21. The lowest BCUT2D eigenvalue weighted by Crippen LogP contribution is -2.15. The van der Waals surface area contributed by atoms with E-state index in [1.54, 1.807) is 14.1 Å². The fourth-order valence-electron chi connectivity index (χ4n) is 1.54. The zero-order valence-corrected chi connectivity index (χ0v) is 9.13. The van der Waals surface area contributed by atoms with Crippen molar-refractivity contribution in [3.8, 4) is 0 Å². The number of anilines is 1. The van der Waals surface area contributed by atoms with Crippen LogP contribution in [0.4, 0.5) is 14.5 Å². The zero-order chi connectivity index (χ0) is 12.3. The van der Waals surface area contributed by atoms with Crippen molar-refractivity contribution < 1.29 is 18.7 Å². The van der Waals surface area contributed by atoms with Gasteiger partial charge in [0.2, 0.25) is 0 Å².